The highest BCUT2D eigenvalue weighted by Crippen LogP contribution is 2.36. The van der Waals surface area contributed by atoms with Crippen molar-refractivity contribution in [2.75, 3.05) is 14.2 Å². The summed E-state index contributed by atoms with van der Waals surface area (Å²) in [6.07, 6.45) is 0.717. The summed E-state index contributed by atoms with van der Waals surface area (Å²) in [5, 5.41) is 23.9. The largest absolute Gasteiger partial charge is 0.497 e. The summed E-state index contributed by atoms with van der Waals surface area (Å²) in [6.45, 7) is 0.554. The van der Waals surface area contributed by atoms with E-state index in [1.54, 1.807) is 26.5 Å². The molecule has 1 heterocycles. The number of rotatable bonds is 6. The van der Waals surface area contributed by atoms with E-state index in [1.165, 1.54) is 0 Å². The van der Waals surface area contributed by atoms with E-state index in [0.717, 1.165) is 16.9 Å². The lowest BCUT2D eigenvalue weighted by Crippen LogP contribution is -2.41. The Morgan fingerprint density at radius 2 is 1.84 bits per heavy atom. The Kier molecular flexibility index (Phi) is 5.53. The summed E-state index contributed by atoms with van der Waals surface area (Å²) in [5.41, 5.74) is 2.06. The average molecular weight is 344 g/mol. The monoisotopic (exact) mass is 344 g/mol. The smallest absolute Gasteiger partial charge is 0.212 e. The van der Waals surface area contributed by atoms with Crippen LogP contribution in [0.3, 0.4) is 0 Å². The zero-order chi connectivity index (χ0) is 17.8. The second kappa shape index (κ2) is 7.82. The first-order chi connectivity index (χ1) is 12.1. The van der Waals surface area contributed by atoms with Gasteiger partial charge in [-0.1, -0.05) is 18.2 Å². The number of hydrogen-bond acceptors (Lipinski definition) is 6. The van der Waals surface area contributed by atoms with Gasteiger partial charge in [0.25, 0.3) is 0 Å². The Morgan fingerprint density at radius 1 is 1.08 bits per heavy atom. The van der Waals surface area contributed by atoms with Crippen LogP contribution < -0.4 is 14.8 Å². The van der Waals surface area contributed by atoms with Gasteiger partial charge in [0.2, 0.25) is 5.88 Å². The quantitative estimate of drug-likeness (QED) is 0.736. The van der Waals surface area contributed by atoms with Crippen LogP contribution in [0.2, 0.25) is 0 Å². The summed E-state index contributed by atoms with van der Waals surface area (Å²) in [6, 6.07) is 11.3. The Balaban J connectivity index is 1.71. The molecule has 2 aromatic rings. The molecular weight excluding hydrogens is 320 g/mol. The van der Waals surface area contributed by atoms with Crippen LogP contribution in [0.4, 0.5) is 0 Å². The standard InChI is InChI=1S/C19H24N2O4/c1-24-14-6-4-13(5-7-14)15-9-16(22)19(23)18(15)21-11-12-3-8-17(25-2)20-10-12/h3-8,10,15-16,18-19,21-23H,9,11H2,1-2H3/t15-,16-,18-,19-/m1/s1. The van der Waals surface area contributed by atoms with E-state index in [1.807, 2.05) is 30.3 Å². The normalized spacial score (nSPS) is 25.8. The fourth-order valence-corrected chi connectivity index (χ4v) is 3.35. The van der Waals surface area contributed by atoms with Crippen LogP contribution in [-0.2, 0) is 6.54 Å². The van der Waals surface area contributed by atoms with Crippen molar-refractivity contribution < 1.29 is 19.7 Å². The van der Waals surface area contributed by atoms with Gasteiger partial charge in [-0.3, -0.25) is 0 Å². The lowest BCUT2D eigenvalue weighted by Gasteiger charge is -2.24. The van der Waals surface area contributed by atoms with Crippen molar-refractivity contribution in [3.63, 3.8) is 0 Å². The summed E-state index contributed by atoms with van der Waals surface area (Å²) in [5.74, 6) is 1.38. The van der Waals surface area contributed by atoms with Gasteiger partial charge in [-0.15, -0.1) is 0 Å². The molecule has 0 aliphatic heterocycles. The molecule has 1 fully saturated rings. The first-order valence-corrected chi connectivity index (χ1v) is 8.34. The minimum absolute atomic E-state index is 0.0297. The van der Waals surface area contributed by atoms with E-state index < -0.39 is 12.2 Å². The molecule has 25 heavy (non-hydrogen) atoms. The molecule has 4 atom stereocenters. The minimum Gasteiger partial charge on any atom is -0.497 e. The van der Waals surface area contributed by atoms with Gasteiger partial charge in [-0.25, -0.2) is 4.98 Å². The molecule has 1 aromatic carbocycles. The van der Waals surface area contributed by atoms with Crippen molar-refractivity contribution in [3.8, 4) is 11.6 Å². The predicted molar refractivity (Wildman–Crippen MR) is 93.8 cm³/mol. The fraction of sp³-hybridized carbons (Fsp3) is 0.421. The van der Waals surface area contributed by atoms with Gasteiger partial charge >= 0.3 is 0 Å². The molecule has 134 valence electrons. The SMILES string of the molecule is COc1ccc([C@H]2C[C@@H](O)[C@@H](O)[C@@H]2NCc2ccc(OC)nc2)cc1. The van der Waals surface area contributed by atoms with Crippen molar-refractivity contribution in [3.05, 3.63) is 53.7 Å². The van der Waals surface area contributed by atoms with E-state index in [9.17, 15) is 10.2 Å². The van der Waals surface area contributed by atoms with Crippen LogP contribution in [0, 0.1) is 0 Å². The molecule has 0 amide bonds. The van der Waals surface area contributed by atoms with Gasteiger partial charge in [0.15, 0.2) is 0 Å². The summed E-state index contributed by atoms with van der Waals surface area (Å²) in [7, 11) is 3.21. The molecule has 6 nitrogen and oxygen atoms in total. The van der Waals surface area contributed by atoms with Crippen LogP contribution in [0.25, 0.3) is 0 Å². The van der Waals surface area contributed by atoms with Crippen LogP contribution >= 0.6 is 0 Å². The van der Waals surface area contributed by atoms with Gasteiger partial charge in [-0.2, -0.15) is 0 Å². The Hall–Kier alpha value is -2.15. The van der Waals surface area contributed by atoms with Crippen LogP contribution in [-0.4, -0.2) is 47.7 Å². The number of aliphatic hydroxyl groups excluding tert-OH is 2. The molecule has 3 N–H and O–H groups in total. The number of aliphatic hydroxyl groups is 2. The average Bonchev–Trinajstić information content (AvgIpc) is 2.95. The van der Waals surface area contributed by atoms with E-state index >= 15 is 0 Å². The highest BCUT2D eigenvalue weighted by atomic mass is 16.5. The summed E-state index contributed by atoms with van der Waals surface area (Å²) < 4.78 is 10.3. The fourth-order valence-electron chi connectivity index (χ4n) is 3.35. The maximum atomic E-state index is 10.4. The van der Waals surface area contributed by atoms with Crippen molar-refractivity contribution in [1.82, 2.24) is 10.3 Å². The molecule has 0 saturated heterocycles. The molecular formula is C19H24N2O4. The number of nitrogens with zero attached hydrogens (tertiary/aromatic N) is 1. The molecule has 0 radical (unpaired) electrons. The summed E-state index contributed by atoms with van der Waals surface area (Å²) in [4.78, 5) is 4.18. The van der Waals surface area contributed by atoms with E-state index in [4.69, 9.17) is 9.47 Å². The zero-order valence-corrected chi connectivity index (χ0v) is 14.4. The van der Waals surface area contributed by atoms with E-state index in [-0.39, 0.29) is 12.0 Å². The van der Waals surface area contributed by atoms with Crippen molar-refractivity contribution in [1.29, 1.82) is 0 Å². The first-order valence-electron chi connectivity index (χ1n) is 8.34. The third-order valence-electron chi connectivity index (χ3n) is 4.78. The van der Waals surface area contributed by atoms with Crippen molar-refractivity contribution in [2.45, 2.75) is 37.1 Å². The molecule has 1 aromatic heterocycles. The lowest BCUT2D eigenvalue weighted by atomic mass is 9.93. The molecule has 0 spiro atoms. The van der Waals surface area contributed by atoms with Crippen molar-refractivity contribution in [2.24, 2.45) is 0 Å². The molecule has 6 heteroatoms. The van der Waals surface area contributed by atoms with Gasteiger partial charge in [0.1, 0.15) is 5.75 Å². The highest BCUT2D eigenvalue weighted by molar-refractivity contribution is 5.32. The number of ether oxygens (including phenoxy) is 2. The molecule has 0 bridgehead atoms. The number of pyridine rings is 1. The van der Waals surface area contributed by atoms with Gasteiger partial charge < -0.3 is 25.0 Å². The number of methoxy groups -OCH3 is 2. The maximum absolute atomic E-state index is 10.4. The number of nitrogens with one attached hydrogen (secondary N) is 1. The first kappa shape index (κ1) is 17.7. The van der Waals surface area contributed by atoms with Gasteiger partial charge in [0, 0.05) is 30.8 Å². The summed E-state index contributed by atoms with van der Waals surface area (Å²) >= 11 is 0. The highest BCUT2D eigenvalue weighted by Gasteiger charge is 2.41. The Morgan fingerprint density at radius 3 is 2.44 bits per heavy atom. The van der Waals surface area contributed by atoms with Gasteiger partial charge in [-0.05, 0) is 29.7 Å². The number of aromatic nitrogens is 1. The Bertz CT molecular complexity index is 675. The Labute approximate surface area is 147 Å². The van der Waals surface area contributed by atoms with Crippen molar-refractivity contribution >= 4 is 0 Å². The molecule has 1 aliphatic rings. The third kappa shape index (κ3) is 3.92. The number of benzene rings is 1. The van der Waals surface area contributed by atoms with Crippen LogP contribution in [0.1, 0.15) is 23.5 Å². The molecule has 0 unspecified atom stereocenters. The van der Waals surface area contributed by atoms with E-state index in [0.29, 0.717) is 18.8 Å². The lowest BCUT2D eigenvalue weighted by molar-refractivity contribution is 0.0297. The third-order valence-corrected chi connectivity index (χ3v) is 4.78. The molecule has 1 saturated carbocycles. The van der Waals surface area contributed by atoms with Crippen LogP contribution in [0.5, 0.6) is 11.6 Å². The van der Waals surface area contributed by atoms with Crippen LogP contribution in [0.15, 0.2) is 42.6 Å². The topological polar surface area (TPSA) is 83.8 Å². The molecule has 1 aliphatic carbocycles. The zero-order valence-electron chi connectivity index (χ0n) is 14.4. The second-order valence-corrected chi connectivity index (χ2v) is 6.29. The second-order valence-electron chi connectivity index (χ2n) is 6.29. The molecule has 3 rings (SSSR count). The number of hydrogen-bond donors (Lipinski definition) is 3. The maximum Gasteiger partial charge on any atom is 0.212 e. The van der Waals surface area contributed by atoms with Gasteiger partial charge in [0.05, 0.1) is 26.4 Å². The predicted octanol–water partition coefficient (Wildman–Crippen LogP) is 1.47. The van der Waals surface area contributed by atoms with E-state index in [2.05, 4.69) is 10.3 Å². The minimum atomic E-state index is -0.807.